The van der Waals surface area contributed by atoms with Crippen LogP contribution in [0.2, 0.25) is 0 Å². The maximum Gasteiger partial charge on any atom is 0.325 e. The first-order valence-corrected chi connectivity index (χ1v) is 8.55. The van der Waals surface area contributed by atoms with Gasteiger partial charge in [0.05, 0.1) is 16.4 Å². The lowest BCUT2D eigenvalue weighted by atomic mass is 10.3. The molecule has 0 aliphatic heterocycles. The Hall–Kier alpha value is -2.55. The number of Topliss-reactive ketones (excluding diaryl/α,β-unsaturated/α-hetero) is 1. The van der Waals surface area contributed by atoms with Crippen molar-refractivity contribution in [1.82, 2.24) is 15.1 Å². The molecule has 0 aromatic carbocycles. The molecule has 0 atom stereocenters. The Morgan fingerprint density at radius 2 is 2.04 bits per heavy atom. The minimum absolute atomic E-state index is 0.0220. The van der Waals surface area contributed by atoms with E-state index < -0.39 is 5.97 Å². The summed E-state index contributed by atoms with van der Waals surface area (Å²) in [5, 5.41) is 7.85. The van der Waals surface area contributed by atoms with E-state index >= 15 is 0 Å². The number of esters is 1. The molecule has 0 radical (unpaired) electrons. The molecule has 0 spiro atoms. The fraction of sp³-hybridized carbons (Fsp3) is 0.438. The minimum Gasteiger partial charge on any atom is -0.465 e. The van der Waals surface area contributed by atoms with Crippen molar-refractivity contribution in [3.05, 3.63) is 22.9 Å². The fourth-order valence-corrected chi connectivity index (χ4v) is 2.81. The Balaban J connectivity index is 1.89. The second kappa shape index (κ2) is 8.52. The summed E-state index contributed by atoms with van der Waals surface area (Å²) in [6.07, 6.45) is 0.407. The molecule has 0 saturated carbocycles. The third-order valence-corrected chi connectivity index (χ3v) is 4.45. The van der Waals surface area contributed by atoms with Gasteiger partial charge in [-0.3, -0.25) is 14.4 Å². The maximum atomic E-state index is 12.0. The second-order valence-electron chi connectivity index (χ2n) is 5.28. The van der Waals surface area contributed by atoms with Crippen LogP contribution in [-0.4, -0.2) is 53.0 Å². The summed E-state index contributed by atoms with van der Waals surface area (Å²) in [5.74, 6) is -0.0445. The number of hydrogen-bond donors (Lipinski definition) is 0. The Labute approximate surface area is 148 Å². The van der Waals surface area contributed by atoms with Gasteiger partial charge in [-0.15, -0.1) is 21.5 Å². The topological polar surface area (TPSA) is 103 Å². The number of likely N-dealkylation sites (N-methyl/N-ethyl adjacent to an activating group) is 1. The van der Waals surface area contributed by atoms with E-state index in [1.165, 1.54) is 30.2 Å². The van der Waals surface area contributed by atoms with Gasteiger partial charge in [-0.1, -0.05) is 0 Å². The molecule has 2 aromatic rings. The lowest BCUT2D eigenvalue weighted by Gasteiger charge is -2.15. The first-order valence-electron chi connectivity index (χ1n) is 7.73. The van der Waals surface area contributed by atoms with Crippen LogP contribution in [0.3, 0.4) is 0 Å². The Kier molecular flexibility index (Phi) is 6.40. The number of hydrogen-bond acceptors (Lipinski definition) is 8. The molecule has 0 aliphatic carbocycles. The summed E-state index contributed by atoms with van der Waals surface area (Å²) in [5.41, 5.74) is 0. The van der Waals surface area contributed by atoms with Gasteiger partial charge in [0.25, 0.3) is 5.89 Å². The Morgan fingerprint density at radius 1 is 1.28 bits per heavy atom. The highest BCUT2D eigenvalue weighted by molar-refractivity contribution is 7.17. The molecule has 0 fully saturated rings. The van der Waals surface area contributed by atoms with E-state index in [1.807, 2.05) is 0 Å². The molecule has 9 heteroatoms. The van der Waals surface area contributed by atoms with Gasteiger partial charge in [0.1, 0.15) is 6.54 Å². The van der Waals surface area contributed by atoms with Crippen LogP contribution in [0.15, 0.2) is 16.5 Å². The molecule has 0 bridgehead atoms. The van der Waals surface area contributed by atoms with Crippen LogP contribution in [0.4, 0.5) is 0 Å². The van der Waals surface area contributed by atoms with Gasteiger partial charge in [-0.2, -0.15) is 0 Å². The molecule has 2 rings (SSSR count). The van der Waals surface area contributed by atoms with Crippen LogP contribution in [0.25, 0.3) is 10.8 Å². The zero-order valence-electron chi connectivity index (χ0n) is 14.3. The quantitative estimate of drug-likeness (QED) is 0.520. The van der Waals surface area contributed by atoms with Gasteiger partial charge in [-0.25, -0.2) is 0 Å². The van der Waals surface area contributed by atoms with Gasteiger partial charge in [-0.05, 0) is 26.0 Å². The zero-order chi connectivity index (χ0) is 18.4. The molecule has 8 nitrogen and oxygen atoms in total. The van der Waals surface area contributed by atoms with Crippen LogP contribution < -0.4 is 0 Å². The smallest absolute Gasteiger partial charge is 0.325 e. The van der Waals surface area contributed by atoms with Crippen molar-refractivity contribution < 1.29 is 23.5 Å². The highest BCUT2D eigenvalue weighted by atomic mass is 32.1. The van der Waals surface area contributed by atoms with Crippen LogP contribution in [0.5, 0.6) is 0 Å². The van der Waals surface area contributed by atoms with E-state index in [0.717, 1.165) is 0 Å². The first-order chi connectivity index (χ1) is 11.9. The number of aromatic nitrogens is 2. The first kappa shape index (κ1) is 18.8. The van der Waals surface area contributed by atoms with Gasteiger partial charge in [0.2, 0.25) is 11.8 Å². The summed E-state index contributed by atoms with van der Waals surface area (Å²) in [7, 11) is 1.54. The number of aryl methyl sites for hydroxylation is 1. The van der Waals surface area contributed by atoms with E-state index in [1.54, 1.807) is 19.1 Å². The van der Waals surface area contributed by atoms with Crippen molar-refractivity contribution in [2.45, 2.75) is 26.7 Å². The molecule has 0 aliphatic rings. The van der Waals surface area contributed by atoms with E-state index in [2.05, 4.69) is 10.2 Å². The summed E-state index contributed by atoms with van der Waals surface area (Å²) in [4.78, 5) is 37.3. The zero-order valence-corrected chi connectivity index (χ0v) is 15.1. The number of ketones is 1. The highest BCUT2D eigenvalue weighted by Crippen LogP contribution is 2.27. The third kappa shape index (κ3) is 5.21. The van der Waals surface area contributed by atoms with Crippen LogP contribution in [0, 0.1) is 0 Å². The number of ether oxygens (including phenoxy) is 1. The molecule has 134 valence electrons. The number of nitrogens with zero attached hydrogens (tertiary/aromatic N) is 3. The monoisotopic (exact) mass is 365 g/mol. The van der Waals surface area contributed by atoms with E-state index in [9.17, 15) is 14.4 Å². The Bertz CT molecular complexity index is 767. The van der Waals surface area contributed by atoms with Crippen molar-refractivity contribution in [2.75, 3.05) is 20.2 Å². The molecular formula is C16H19N3O5S. The number of rotatable bonds is 8. The second-order valence-corrected chi connectivity index (χ2v) is 6.36. The van der Waals surface area contributed by atoms with Crippen molar-refractivity contribution in [2.24, 2.45) is 0 Å². The van der Waals surface area contributed by atoms with Gasteiger partial charge < -0.3 is 14.1 Å². The number of carbonyl (C=O) groups excluding carboxylic acids is 3. The molecule has 0 saturated heterocycles. The largest absolute Gasteiger partial charge is 0.465 e. The van der Waals surface area contributed by atoms with E-state index in [0.29, 0.717) is 21.5 Å². The normalized spacial score (nSPS) is 10.5. The Morgan fingerprint density at radius 3 is 2.68 bits per heavy atom. The molecular weight excluding hydrogens is 346 g/mol. The summed E-state index contributed by atoms with van der Waals surface area (Å²) in [6.45, 7) is 3.39. The summed E-state index contributed by atoms with van der Waals surface area (Å²) < 4.78 is 10.3. The van der Waals surface area contributed by atoms with Crippen LogP contribution >= 0.6 is 11.3 Å². The standard InChI is InChI=1S/C16H19N3O5S/c1-4-23-15(22)9-19(3)14(21)8-7-13-17-18-16(24-13)12-6-5-11(25-12)10(2)20/h5-6H,4,7-9H2,1-3H3. The van der Waals surface area contributed by atoms with E-state index in [-0.39, 0.29) is 37.7 Å². The molecule has 2 heterocycles. The lowest BCUT2D eigenvalue weighted by molar-refractivity contribution is -0.148. The minimum atomic E-state index is -0.447. The molecule has 1 amide bonds. The number of amides is 1. The van der Waals surface area contributed by atoms with Gasteiger partial charge >= 0.3 is 5.97 Å². The van der Waals surface area contributed by atoms with Crippen molar-refractivity contribution >= 4 is 29.0 Å². The third-order valence-electron chi connectivity index (χ3n) is 3.28. The lowest BCUT2D eigenvalue weighted by Crippen LogP contribution is -2.33. The SMILES string of the molecule is CCOC(=O)CN(C)C(=O)CCc1nnc(-c2ccc(C(C)=O)s2)o1. The van der Waals surface area contributed by atoms with Gasteiger partial charge in [0, 0.05) is 19.9 Å². The van der Waals surface area contributed by atoms with Crippen molar-refractivity contribution in [3.63, 3.8) is 0 Å². The predicted octanol–water partition coefficient (Wildman–Crippen LogP) is 1.95. The van der Waals surface area contributed by atoms with E-state index in [4.69, 9.17) is 9.15 Å². The molecule has 25 heavy (non-hydrogen) atoms. The average molecular weight is 365 g/mol. The maximum absolute atomic E-state index is 12.0. The highest BCUT2D eigenvalue weighted by Gasteiger charge is 2.16. The average Bonchev–Trinajstić information content (AvgIpc) is 3.21. The predicted molar refractivity (Wildman–Crippen MR) is 90.2 cm³/mol. The summed E-state index contributed by atoms with van der Waals surface area (Å²) in [6, 6.07) is 3.46. The van der Waals surface area contributed by atoms with Crippen LogP contribution in [0.1, 0.15) is 35.8 Å². The number of thiophene rings is 1. The fourth-order valence-electron chi connectivity index (χ4n) is 1.99. The summed E-state index contributed by atoms with van der Waals surface area (Å²) >= 11 is 1.28. The molecule has 0 N–H and O–H groups in total. The van der Waals surface area contributed by atoms with Crippen LogP contribution in [-0.2, 0) is 20.7 Å². The molecule has 2 aromatic heterocycles. The van der Waals surface area contributed by atoms with Crippen molar-refractivity contribution in [3.8, 4) is 10.8 Å². The van der Waals surface area contributed by atoms with Gasteiger partial charge in [0.15, 0.2) is 5.78 Å². The van der Waals surface area contributed by atoms with Crippen molar-refractivity contribution in [1.29, 1.82) is 0 Å². The number of carbonyl (C=O) groups is 3. The molecule has 0 unspecified atom stereocenters.